The molecule has 0 radical (unpaired) electrons. The Labute approximate surface area is 106 Å². The highest BCUT2D eigenvalue weighted by atomic mass is 16.2. The highest BCUT2D eigenvalue weighted by Crippen LogP contribution is 1.99. The highest BCUT2D eigenvalue weighted by molar-refractivity contribution is 5.76. The molecule has 0 aliphatic carbocycles. The third kappa shape index (κ3) is 3.20. The second kappa shape index (κ2) is 5.82. The monoisotopic (exact) mass is 249 g/mol. The van der Waals surface area contributed by atoms with E-state index < -0.39 is 0 Å². The molecule has 1 aromatic rings. The summed E-state index contributed by atoms with van der Waals surface area (Å²) >= 11 is 0. The molecule has 1 aliphatic heterocycles. The first kappa shape index (κ1) is 12.8. The number of amides is 1. The van der Waals surface area contributed by atoms with Crippen molar-refractivity contribution < 1.29 is 4.79 Å². The van der Waals surface area contributed by atoms with E-state index in [2.05, 4.69) is 5.32 Å². The summed E-state index contributed by atoms with van der Waals surface area (Å²) in [6.07, 6.45) is 2.14. The van der Waals surface area contributed by atoms with Crippen molar-refractivity contribution in [3.05, 3.63) is 34.2 Å². The first-order valence-corrected chi connectivity index (χ1v) is 6.32. The quantitative estimate of drug-likeness (QED) is 0.819. The predicted octanol–water partition coefficient (Wildman–Crippen LogP) is -0.0214. The van der Waals surface area contributed by atoms with Gasteiger partial charge in [0.25, 0.3) is 5.56 Å². The fourth-order valence-corrected chi connectivity index (χ4v) is 2.08. The van der Waals surface area contributed by atoms with E-state index in [1.807, 2.05) is 17.9 Å². The maximum absolute atomic E-state index is 11.9. The average Bonchev–Trinajstić information content (AvgIpc) is 2.38. The molecule has 0 spiro atoms. The molecular weight excluding hydrogens is 230 g/mol. The predicted molar refractivity (Wildman–Crippen MR) is 69.5 cm³/mol. The maximum Gasteiger partial charge on any atom is 0.250 e. The molecule has 0 saturated carbocycles. The van der Waals surface area contributed by atoms with Crippen LogP contribution >= 0.6 is 0 Å². The lowest BCUT2D eigenvalue weighted by atomic mass is 10.3. The van der Waals surface area contributed by atoms with Gasteiger partial charge < -0.3 is 14.8 Å². The van der Waals surface area contributed by atoms with E-state index in [1.165, 1.54) is 0 Å². The third-order valence-electron chi connectivity index (χ3n) is 3.19. The molecule has 2 rings (SSSR count). The summed E-state index contributed by atoms with van der Waals surface area (Å²) in [4.78, 5) is 25.4. The van der Waals surface area contributed by atoms with E-state index >= 15 is 0 Å². The fourth-order valence-electron chi connectivity index (χ4n) is 2.08. The van der Waals surface area contributed by atoms with Crippen molar-refractivity contribution in [1.82, 2.24) is 14.8 Å². The Morgan fingerprint density at radius 3 is 2.78 bits per heavy atom. The Kier molecular flexibility index (Phi) is 4.15. The maximum atomic E-state index is 11.9. The Balaban J connectivity index is 1.90. The largest absolute Gasteiger partial charge is 0.340 e. The number of nitrogens with zero attached hydrogens (tertiary/aromatic N) is 2. The van der Waals surface area contributed by atoms with Crippen molar-refractivity contribution in [1.29, 1.82) is 0 Å². The molecule has 0 bridgehead atoms. The molecule has 0 unspecified atom stereocenters. The molecule has 1 amide bonds. The number of piperazine rings is 1. The number of carbonyl (C=O) groups is 1. The summed E-state index contributed by atoms with van der Waals surface area (Å²) in [5.41, 5.74) is 0.910. The van der Waals surface area contributed by atoms with Gasteiger partial charge in [0.1, 0.15) is 0 Å². The average molecular weight is 249 g/mol. The second-order valence-electron chi connectivity index (χ2n) is 4.62. The standard InChI is InChI=1S/C13H19N3O2/c1-11-2-6-15(13(18)10-11)7-3-12(17)16-8-4-14-5-9-16/h2,6,10,14H,3-5,7-9H2,1H3. The molecule has 2 heterocycles. The Morgan fingerprint density at radius 2 is 2.11 bits per heavy atom. The number of carbonyl (C=O) groups excluding carboxylic acids is 1. The van der Waals surface area contributed by atoms with Crippen LogP contribution in [-0.2, 0) is 11.3 Å². The van der Waals surface area contributed by atoms with Crippen molar-refractivity contribution in [2.24, 2.45) is 0 Å². The van der Waals surface area contributed by atoms with Crippen molar-refractivity contribution in [3.63, 3.8) is 0 Å². The molecular formula is C13H19N3O2. The van der Waals surface area contributed by atoms with Crippen LogP contribution in [0.4, 0.5) is 0 Å². The molecule has 5 nitrogen and oxygen atoms in total. The zero-order chi connectivity index (χ0) is 13.0. The number of hydrogen-bond acceptors (Lipinski definition) is 3. The Hall–Kier alpha value is -1.62. The molecule has 1 saturated heterocycles. The number of nitrogens with one attached hydrogen (secondary N) is 1. The lowest BCUT2D eigenvalue weighted by Gasteiger charge is -2.27. The number of aromatic nitrogens is 1. The Bertz CT molecular complexity index is 475. The summed E-state index contributed by atoms with van der Waals surface area (Å²) in [7, 11) is 0. The molecule has 18 heavy (non-hydrogen) atoms. The van der Waals surface area contributed by atoms with Crippen LogP contribution in [0.15, 0.2) is 23.1 Å². The highest BCUT2D eigenvalue weighted by Gasteiger charge is 2.15. The molecule has 0 aromatic carbocycles. The van der Waals surface area contributed by atoms with Gasteiger partial charge in [0.05, 0.1) is 0 Å². The number of hydrogen-bond donors (Lipinski definition) is 1. The van der Waals surface area contributed by atoms with Crippen LogP contribution < -0.4 is 10.9 Å². The topological polar surface area (TPSA) is 54.3 Å². The molecule has 5 heteroatoms. The number of aryl methyl sites for hydroxylation is 2. The van der Waals surface area contributed by atoms with Gasteiger partial charge in [0, 0.05) is 51.4 Å². The second-order valence-corrected chi connectivity index (χ2v) is 4.62. The summed E-state index contributed by atoms with van der Waals surface area (Å²) < 4.78 is 1.59. The summed E-state index contributed by atoms with van der Waals surface area (Å²) in [5.74, 6) is 0.129. The summed E-state index contributed by atoms with van der Waals surface area (Å²) in [6, 6.07) is 3.48. The fraction of sp³-hybridized carbons (Fsp3) is 0.538. The van der Waals surface area contributed by atoms with E-state index in [-0.39, 0.29) is 11.5 Å². The van der Waals surface area contributed by atoms with Gasteiger partial charge in [0.2, 0.25) is 5.91 Å². The van der Waals surface area contributed by atoms with Crippen LogP contribution in [0.25, 0.3) is 0 Å². The molecule has 98 valence electrons. The SMILES string of the molecule is Cc1ccn(CCC(=O)N2CCNCC2)c(=O)c1. The minimum Gasteiger partial charge on any atom is -0.340 e. The van der Waals surface area contributed by atoms with Crippen molar-refractivity contribution in [2.75, 3.05) is 26.2 Å². The molecule has 1 aromatic heterocycles. The number of rotatable bonds is 3. The molecule has 1 N–H and O–H groups in total. The van der Waals surface area contributed by atoms with Gasteiger partial charge in [-0.2, -0.15) is 0 Å². The lowest BCUT2D eigenvalue weighted by Crippen LogP contribution is -2.46. The van der Waals surface area contributed by atoms with Crippen LogP contribution in [0.5, 0.6) is 0 Å². The van der Waals surface area contributed by atoms with E-state index in [9.17, 15) is 9.59 Å². The van der Waals surface area contributed by atoms with Crippen molar-refractivity contribution in [3.8, 4) is 0 Å². The minimum atomic E-state index is -0.0388. The van der Waals surface area contributed by atoms with Gasteiger partial charge in [-0.15, -0.1) is 0 Å². The van der Waals surface area contributed by atoms with Crippen molar-refractivity contribution in [2.45, 2.75) is 19.9 Å². The van der Waals surface area contributed by atoms with Crippen LogP contribution in [-0.4, -0.2) is 41.6 Å². The van der Waals surface area contributed by atoms with Crippen LogP contribution in [0.2, 0.25) is 0 Å². The normalized spacial score (nSPS) is 15.7. The molecule has 1 fully saturated rings. The first-order chi connectivity index (χ1) is 8.66. The zero-order valence-corrected chi connectivity index (χ0v) is 10.7. The number of pyridine rings is 1. The summed E-state index contributed by atoms with van der Waals surface area (Å²) in [5, 5.41) is 3.21. The zero-order valence-electron chi connectivity index (χ0n) is 10.7. The van der Waals surface area contributed by atoms with Crippen LogP contribution in [0.1, 0.15) is 12.0 Å². The van der Waals surface area contributed by atoms with Gasteiger partial charge in [-0.25, -0.2) is 0 Å². The minimum absolute atomic E-state index is 0.0388. The van der Waals surface area contributed by atoms with Crippen LogP contribution in [0, 0.1) is 6.92 Å². The van der Waals surface area contributed by atoms with Gasteiger partial charge in [-0.05, 0) is 18.6 Å². The van der Waals surface area contributed by atoms with Crippen LogP contribution in [0.3, 0.4) is 0 Å². The van der Waals surface area contributed by atoms with E-state index in [0.717, 1.165) is 31.7 Å². The van der Waals surface area contributed by atoms with Gasteiger partial charge in [-0.3, -0.25) is 9.59 Å². The molecule has 1 aliphatic rings. The van der Waals surface area contributed by atoms with Gasteiger partial charge in [-0.1, -0.05) is 0 Å². The summed E-state index contributed by atoms with van der Waals surface area (Å²) in [6.45, 7) is 5.59. The van der Waals surface area contributed by atoms with Gasteiger partial charge >= 0.3 is 0 Å². The smallest absolute Gasteiger partial charge is 0.250 e. The third-order valence-corrected chi connectivity index (χ3v) is 3.19. The molecule has 0 atom stereocenters. The van der Waals surface area contributed by atoms with E-state index in [0.29, 0.717) is 13.0 Å². The Morgan fingerprint density at radius 1 is 1.39 bits per heavy atom. The van der Waals surface area contributed by atoms with E-state index in [1.54, 1.807) is 16.8 Å². The van der Waals surface area contributed by atoms with Gasteiger partial charge in [0.15, 0.2) is 0 Å². The lowest BCUT2D eigenvalue weighted by molar-refractivity contribution is -0.132. The van der Waals surface area contributed by atoms with E-state index in [4.69, 9.17) is 0 Å². The van der Waals surface area contributed by atoms with Crippen molar-refractivity contribution >= 4 is 5.91 Å². The first-order valence-electron chi connectivity index (χ1n) is 6.32.